The van der Waals surface area contributed by atoms with E-state index in [0.29, 0.717) is 30.3 Å². The molecule has 10 heteroatoms. The molecule has 0 spiro atoms. The molecule has 1 amide bonds. The SMILES string of the molecule is CC(=O)N1CCc2c(c(-c3cccc(C(F)(F)F)c3)nn2Cc2ncc(F)cc2F)C1. The smallest absolute Gasteiger partial charge is 0.338 e. The minimum absolute atomic E-state index is 0.0451. The molecule has 0 radical (unpaired) electrons. The van der Waals surface area contributed by atoms with Crippen molar-refractivity contribution in [1.82, 2.24) is 19.7 Å². The summed E-state index contributed by atoms with van der Waals surface area (Å²) >= 11 is 0. The lowest BCUT2D eigenvalue weighted by Crippen LogP contribution is -2.34. The number of benzene rings is 1. The number of carbonyl (C=O) groups excluding carboxylic acids is 1. The van der Waals surface area contributed by atoms with Gasteiger partial charge in [-0.25, -0.2) is 8.78 Å². The van der Waals surface area contributed by atoms with Crippen LogP contribution >= 0.6 is 0 Å². The van der Waals surface area contributed by atoms with E-state index in [9.17, 15) is 26.7 Å². The van der Waals surface area contributed by atoms with Gasteiger partial charge in [-0.3, -0.25) is 14.5 Å². The molecule has 1 aliphatic heterocycles. The molecule has 3 heterocycles. The summed E-state index contributed by atoms with van der Waals surface area (Å²) in [4.78, 5) is 17.2. The summed E-state index contributed by atoms with van der Waals surface area (Å²) in [5, 5.41) is 4.45. The van der Waals surface area contributed by atoms with Crippen molar-refractivity contribution in [2.75, 3.05) is 6.54 Å². The molecule has 0 bridgehead atoms. The molecule has 1 aliphatic rings. The fraction of sp³-hybridized carbons (Fsp3) is 0.286. The molecular weight excluding hydrogens is 419 g/mol. The van der Waals surface area contributed by atoms with Crippen molar-refractivity contribution < 1.29 is 26.7 Å². The molecule has 3 aromatic rings. The topological polar surface area (TPSA) is 51.0 Å². The Morgan fingerprint density at radius 1 is 1.19 bits per heavy atom. The van der Waals surface area contributed by atoms with Gasteiger partial charge in [0.05, 0.1) is 29.7 Å². The highest BCUT2D eigenvalue weighted by atomic mass is 19.4. The van der Waals surface area contributed by atoms with Gasteiger partial charge in [-0.15, -0.1) is 0 Å². The summed E-state index contributed by atoms with van der Waals surface area (Å²) in [5.41, 5.74) is 0.936. The fourth-order valence-corrected chi connectivity index (χ4v) is 3.67. The second-order valence-electron chi connectivity index (χ2n) is 7.28. The summed E-state index contributed by atoms with van der Waals surface area (Å²) < 4.78 is 68.4. The van der Waals surface area contributed by atoms with E-state index in [1.54, 1.807) is 4.90 Å². The number of carbonyl (C=O) groups is 1. The maximum absolute atomic E-state index is 14.1. The van der Waals surface area contributed by atoms with E-state index in [-0.39, 0.29) is 35.9 Å². The van der Waals surface area contributed by atoms with Crippen LogP contribution in [-0.4, -0.2) is 32.1 Å². The predicted molar refractivity (Wildman–Crippen MR) is 101 cm³/mol. The lowest BCUT2D eigenvalue weighted by molar-refractivity contribution is -0.137. The van der Waals surface area contributed by atoms with Crippen LogP contribution in [0.25, 0.3) is 11.3 Å². The molecule has 0 fully saturated rings. The molecule has 4 rings (SSSR count). The first kappa shape index (κ1) is 21.0. The zero-order chi connectivity index (χ0) is 22.3. The van der Waals surface area contributed by atoms with Crippen LogP contribution in [0.4, 0.5) is 22.0 Å². The first-order valence-electron chi connectivity index (χ1n) is 9.45. The maximum atomic E-state index is 14.1. The fourth-order valence-electron chi connectivity index (χ4n) is 3.67. The van der Waals surface area contributed by atoms with Gasteiger partial charge in [0, 0.05) is 49.3 Å². The van der Waals surface area contributed by atoms with Crippen LogP contribution in [0.3, 0.4) is 0 Å². The van der Waals surface area contributed by atoms with Gasteiger partial charge < -0.3 is 4.90 Å². The van der Waals surface area contributed by atoms with Gasteiger partial charge in [-0.2, -0.15) is 18.3 Å². The van der Waals surface area contributed by atoms with Gasteiger partial charge in [0.2, 0.25) is 5.91 Å². The Morgan fingerprint density at radius 3 is 2.65 bits per heavy atom. The van der Waals surface area contributed by atoms with Gasteiger partial charge in [0.15, 0.2) is 0 Å². The molecule has 31 heavy (non-hydrogen) atoms. The van der Waals surface area contributed by atoms with Gasteiger partial charge in [-0.05, 0) is 12.1 Å². The lowest BCUT2D eigenvalue weighted by Gasteiger charge is -2.27. The Labute approximate surface area is 174 Å². The monoisotopic (exact) mass is 436 g/mol. The molecule has 0 atom stereocenters. The number of fused-ring (bicyclic) bond motifs is 1. The van der Waals surface area contributed by atoms with Gasteiger partial charge in [0.25, 0.3) is 0 Å². The third kappa shape index (κ3) is 4.14. The molecule has 5 nitrogen and oxygen atoms in total. The Morgan fingerprint density at radius 2 is 1.97 bits per heavy atom. The number of pyridine rings is 1. The highest BCUT2D eigenvalue weighted by molar-refractivity contribution is 5.74. The van der Waals surface area contributed by atoms with Gasteiger partial charge in [-0.1, -0.05) is 12.1 Å². The molecule has 0 N–H and O–H groups in total. The lowest BCUT2D eigenvalue weighted by atomic mass is 9.99. The van der Waals surface area contributed by atoms with E-state index in [1.165, 1.54) is 23.7 Å². The first-order valence-corrected chi connectivity index (χ1v) is 9.45. The van der Waals surface area contributed by atoms with Crippen molar-refractivity contribution in [3.63, 3.8) is 0 Å². The van der Waals surface area contributed by atoms with Crippen LogP contribution in [0.1, 0.15) is 29.4 Å². The Balaban J connectivity index is 1.81. The molecule has 0 unspecified atom stereocenters. The molecule has 2 aromatic heterocycles. The van der Waals surface area contributed by atoms with E-state index < -0.39 is 23.4 Å². The quantitative estimate of drug-likeness (QED) is 0.579. The standard InChI is InChI=1S/C21H17F5N4O/c1-12(31)29-6-5-19-16(10-29)20(13-3-2-4-14(7-13)21(24,25)26)28-30(19)11-18-17(23)8-15(22)9-27-18/h2-4,7-9H,5-6,10-11H2,1H3. The molecule has 0 aliphatic carbocycles. The normalized spacial score (nSPS) is 13.9. The van der Waals surface area contributed by atoms with Crippen LogP contribution in [-0.2, 0) is 30.5 Å². The average molecular weight is 436 g/mol. The van der Waals surface area contributed by atoms with E-state index in [0.717, 1.165) is 18.3 Å². The second-order valence-corrected chi connectivity index (χ2v) is 7.28. The predicted octanol–water partition coefficient (Wildman–Crippen LogP) is 4.20. The Kier molecular flexibility index (Phi) is 5.24. The summed E-state index contributed by atoms with van der Waals surface area (Å²) in [6.45, 7) is 1.87. The van der Waals surface area contributed by atoms with E-state index in [2.05, 4.69) is 10.1 Å². The van der Waals surface area contributed by atoms with Crippen molar-refractivity contribution in [3.05, 3.63) is 70.7 Å². The van der Waals surface area contributed by atoms with Crippen LogP contribution in [0.5, 0.6) is 0 Å². The number of rotatable bonds is 3. The maximum Gasteiger partial charge on any atom is 0.416 e. The second kappa shape index (κ2) is 7.75. The highest BCUT2D eigenvalue weighted by Crippen LogP contribution is 2.35. The van der Waals surface area contributed by atoms with E-state index in [1.807, 2.05) is 0 Å². The summed E-state index contributed by atoms with van der Waals surface area (Å²) in [6, 6.07) is 5.47. The van der Waals surface area contributed by atoms with Crippen LogP contribution in [0.15, 0.2) is 36.5 Å². The van der Waals surface area contributed by atoms with Crippen molar-refractivity contribution >= 4 is 5.91 Å². The van der Waals surface area contributed by atoms with Crippen LogP contribution in [0.2, 0.25) is 0 Å². The zero-order valence-electron chi connectivity index (χ0n) is 16.4. The van der Waals surface area contributed by atoms with Crippen molar-refractivity contribution in [2.24, 2.45) is 0 Å². The summed E-state index contributed by atoms with van der Waals surface area (Å²) in [7, 11) is 0. The Hall–Kier alpha value is -3.30. The molecule has 0 saturated heterocycles. The first-order chi connectivity index (χ1) is 14.6. The van der Waals surface area contributed by atoms with E-state index in [4.69, 9.17) is 0 Å². The number of hydrogen-bond acceptors (Lipinski definition) is 3. The van der Waals surface area contributed by atoms with Crippen molar-refractivity contribution in [2.45, 2.75) is 32.6 Å². The zero-order valence-corrected chi connectivity index (χ0v) is 16.4. The minimum atomic E-state index is -4.52. The number of nitrogens with zero attached hydrogens (tertiary/aromatic N) is 4. The minimum Gasteiger partial charge on any atom is -0.338 e. The Bertz CT molecular complexity index is 1160. The number of aromatic nitrogens is 3. The molecule has 0 saturated carbocycles. The summed E-state index contributed by atoms with van der Waals surface area (Å²) in [6.07, 6.45) is -3.24. The van der Waals surface area contributed by atoms with Crippen molar-refractivity contribution in [3.8, 4) is 11.3 Å². The molecular formula is C21H17F5N4O. The van der Waals surface area contributed by atoms with Crippen LogP contribution < -0.4 is 0 Å². The molecule has 1 aromatic carbocycles. The van der Waals surface area contributed by atoms with E-state index >= 15 is 0 Å². The van der Waals surface area contributed by atoms with Gasteiger partial charge >= 0.3 is 6.18 Å². The largest absolute Gasteiger partial charge is 0.416 e. The highest BCUT2D eigenvalue weighted by Gasteiger charge is 2.32. The third-order valence-corrected chi connectivity index (χ3v) is 5.23. The third-order valence-electron chi connectivity index (χ3n) is 5.23. The summed E-state index contributed by atoms with van der Waals surface area (Å²) in [5.74, 6) is -1.82. The average Bonchev–Trinajstić information content (AvgIpc) is 3.07. The van der Waals surface area contributed by atoms with Gasteiger partial charge in [0.1, 0.15) is 11.6 Å². The number of alkyl halides is 3. The molecule has 162 valence electrons. The number of halogens is 5. The number of amides is 1. The van der Waals surface area contributed by atoms with Crippen molar-refractivity contribution in [1.29, 1.82) is 0 Å². The van der Waals surface area contributed by atoms with Crippen LogP contribution in [0, 0.1) is 11.6 Å². The number of hydrogen-bond donors (Lipinski definition) is 0.